The average Bonchev–Trinajstić information content (AvgIpc) is 3.34. The molecule has 0 atom stereocenters. The second kappa shape index (κ2) is 7.25. The number of thiazole rings is 1. The fourth-order valence-corrected chi connectivity index (χ4v) is 3.93. The van der Waals surface area contributed by atoms with Crippen molar-refractivity contribution in [1.29, 1.82) is 0 Å². The summed E-state index contributed by atoms with van der Waals surface area (Å²) in [6, 6.07) is 26.3. The van der Waals surface area contributed by atoms with E-state index in [2.05, 4.69) is 38.7 Å². The molecule has 2 aromatic heterocycles. The molecule has 5 rings (SSSR count). The van der Waals surface area contributed by atoms with E-state index in [9.17, 15) is 0 Å². The zero-order valence-electron chi connectivity index (χ0n) is 15.0. The standard InChI is InChI=1S/C22H17N5S/c1-2-8-15(9-3-1)19(14-21-23-16-10-4-5-11-17(16)24-21)26-27-22-25-18-12-6-7-13-20(18)28-22/h1-13H,14H2,(H,23,24)(H,25,27). The lowest BCUT2D eigenvalue weighted by Gasteiger charge is -2.05. The highest BCUT2D eigenvalue weighted by Gasteiger charge is 2.10. The van der Waals surface area contributed by atoms with E-state index in [0.29, 0.717) is 6.42 Å². The van der Waals surface area contributed by atoms with Crippen LogP contribution in [0.3, 0.4) is 0 Å². The van der Waals surface area contributed by atoms with Crippen molar-refractivity contribution >= 4 is 43.4 Å². The number of hydrogen-bond acceptors (Lipinski definition) is 5. The minimum atomic E-state index is 0.594. The van der Waals surface area contributed by atoms with Crippen molar-refractivity contribution in [3.8, 4) is 0 Å². The van der Waals surface area contributed by atoms with Gasteiger partial charge in [-0.15, -0.1) is 0 Å². The molecule has 0 aliphatic rings. The number of hydrazone groups is 1. The van der Waals surface area contributed by atoms with Gasteiger partial charge in [-0.3, -0.25) is 5.43 Å². The number of hydrogen-bond donors (Lipinski definition) is 2. The highest BCUT2D eigenvalue weighted by Crippen LogP contribution is 2.25. The lowest BCUT2D eigenvalue weighted by Crippen LogP contribution is -2.09. The fraction of sp³-hybridized carbons (Fsp3) is 0.0455. The first-order valence-corrected chi connectivity index (χ1v) is 9.84. The first-order chi connectivity index (χ1) is 13.8. The molecule has 2 heterocycles. The Hall–Kier alpha value is -3.51. The summed E-state index contributed by atoms with van der Waals surface area (Å²) in [5, 5.41) is 5.46. The summed E-state index contributed by atoms with van der Waals surface area (Å²) in [6.07, 6.45) is 0.594. The van der Waals surface area contributed by atoms with Gasteiger partial charge in [0.1, 0.15) is 5.82 Å². The molecular weight excluding hydrogens is 366 g/mol. The van der Waals surface area contributed by atoms with E-state index >= 15 is 0 Å². The van der Waals surface area contributed by atoms with Crippen LogP contribution in [-0.2, 0) is 6.42 Å². The molecule has 136 valence electrons. The Morgan fingerprint density at radius 1 is 0.857 bits per heavy atom. The predicted octanol–water partition coefficient (Wildman–Crippen LogP) is 5.23. The van der Waals surface area contributed by atoms with Crippen LogP contribution in [0.25, 0.3) is 21.3 Å². The molecule has 3 aromatic carbocycles. The maximum Gasteiger partial charge on any atom is 0.204 e. The van der Waals surface area contributed by atoms with E-state index in [1.165, 1.54) is 0 Å². The summed E-state index contributed by atoms with van der Waals surface area (Å²) in [5.74, 6) is 0.884. The molecule has 0 aliphatic carbocycles. The van der Waals surface area contributed by atoms with Crippen LogP contribution >= 0.6 is 11.3 Å². The monoisotopic (exact) mass is 383 g/mol. The number of anilines is 1. The maximum atomic E-state index is 4.69. The van der Waals surface area contributed by atoms with Gasteiger partial charge in [0.2, 0.25) is 5.13 Å². The third kappa shape index (κ3) is 3.37. The van der Waals surface area contributed by atoms with Gasteiger partial charge < -0.3 is 4.98 Å². The zero-order chi connectivity index (χ0) is 18.8. The van der Waals surface area contributed by atoms with E-state index in [1.54, 1.807) is 11.3 Å². The molecule has 6 heteroatoms. The maximum absolute atomic E-state index is 4.69. The van der Waals surface area contributed by atoms with Gasteiger partial charge in [0.25, 0.3) is 0 Å². The number of H-pyrrole nitrogens is 1. The number of fused-ring (bicyclic) bond motifs is 2. The largest absolute Gasteiger partial charge is 0.342 e. The predicted molar refractivity (Wildman–Crippen MR) is 116 cm³/mol. The Labute approximate surface area is 165 Å². The lowest BCUT2D eigenvalue weighted by atomic mass is 10.1. The Balaban J connectivity index is 1.47. The third-order valence-electron chi connectivity index (χ3n) is 4.46. The molecule has 0 spiro atoms. The molecule has 5 aromatic rings. The topological polar surface area (TPSA) is 66.0 Å². The van der Waals surface area contributed by atoms with Crippen molar-refractivity contribution in [3.63, 3.8) is 0 Å². The van der Waals surface area contributed by atoms with Crippen LogP contribution in [0.1, 0.15) is 11.4 Å². The summed E-state index contributed by atoms with van der Waals surface area (Å²) in [7, 11) is 0. The Morgan fingerprint density at radius 3 is 2.43 bits per heavy atom. The lowest BCUT2D eigenvalue weighted by molar-refractivity contribution is 1.09. The summed E-state index contributed by atoms with van der Waals surface area (Å²) < 4.78 is 1.14. The van der Waals surface area contributed by atoms with Crippen molar-refractivity contribution in [2.75, 3.05) is 5.43 Å². The van der Waals surface area contributed by atoms with Crippen LogP contribution in [0.15, 0.2) is 84.0 Å². The minimum absolute atomic E-state index is 0.594. The average molecular weight is 383 g/mol. The van der Waals surface area contributed by atoms with Crippen LogP contribution in [0, 0.1) is 0 Å². The smallest absolute Gasteiger partial charge is 0.204 e. The van der Waals surface area contributed by atoms with Gasteiger partial charge in [0, 0.05) is 0 Å². The van der Waals surface area contributed by atoms with Gasteiger partial charge in [0.05, 0.1) is 33.4 Å². The van der Waals surface area contributed by atoms with Crippen LogP contribution in [-0.4, -0.2) is 20.7 Å². The molecule has 0 radical (unpaired) electrons. The summed E-state index contributed by atoms with van der Waals surface area (Å²) in [5.41, 5.74) is 8.06. The Bertz CT molecular complexity index is 1200. The van der Waals surface area contributed by atoms with Crippen molar-refractivity contribution < 1.29 is 0 Å². The van der Waals surface area contributed by atoms with E-state index in [1.807, 2.05) is 60.7 Å². The summed E-state index contributed by atoms with van der Waals surface area (Å²) in [6.45, 7) is 0. The molecule has 5 nitrogen and oxygen atoms in total. The van der Waals surface area contributed by atoms with Gasteiger partial charge >= 0.3 is 0 Å². The van der Waals surface area contributed by atoms with E-state index < -0.39 is 0 Å². The van der Waals surface area contributed by atoms with Gasteiger partial charge in [-0.2, -0.15) is 5.10 Å². The molecule has 0 saturated carbocycles. The first-order valence-electron chi connectivity index (χ1n) is 9.02. The second-order valence-electron chi connectivity index (χ2n) is 6.40. The molecule has 2 N–H and O–H groups in total. The molecule has 28 heavy (non-hydrogen) atoms. The van der Waals surface area contributed by atoms with Crippen molar-refractivity contribution in [3.05, 3.63) is 90.3 Å². The van der Waals surface area contributed by atoms with Crippen LogP contribution in [0.4, 0.5) is 5.13 Å². The molecule has 0 aliphatic heterocycles. The Morgan fingerprint density at radius 2 is 1.61 bits per heavy atom. The van der Waals surface area contributed by atoms with Crippen LogP contribution in [0.2, 0.25) is 0 Å². The van der Waals surface area contributed by atoms with Gasteiger partial charge in [0.15, 0.2) is 0 Å². The number of nitrogens with one attached hydrogen (secondary N) is 2. The minimum Gasteiger partial charge on any atom is -0.342 e. The number of imidazole rings is 1. The van der Waals surface area contributed by atoms with Crippen molar-refractivity contribution in [2.45, 2.75) is 6.42 Å². The molecule has 0 bridgehead atoms. The molecule has 0 saturated heterocycles. The van der Waals surface area contributed by atoms with Gasteiger partial charge in [-0.05, 0) is 29.8 Å². The number of benzene rings is 3. The normalized spacial score (nSPS) is 11.9. The van der Waals surface area contributed by atoms with Crippen molar-refractivity contribution in [2.24, 2.45) is 5.10 Å². The number of para-hydroxylation sites is 3. The summed E-state index contributed by atoms with van der Waals surface area (Å²) in [4.78, 5) is 12.7. The third-order valence-corrected chi connectivity index (χ3v) is 5.40. The molecule has 0 fully saturated rings. The van der Waals surface area contributed by atoms with Crippen LogP contribution in [0.5, 0.6) is 0 Å². The van der Waals surface area contributed by atoms with E-state index in [4.69, 9.17) is 4.98 Å². The first kappa shape index (κ1) is 16.6. The second-order valence-corrected chi connectivity index (χ2v) is 7.43. The van der Waals surface area contributed by atoms with E-state index in [-0.39, 0.29) is 0 Å². The fourth-order valence-electron chi connectivity index (χ4n) is 3.12. The van der Waals surface area contributed by atoms with E-state index in [0.717, 1.165) is 43.5 Å². The highest BCUT2D eigenvalue weighted by atomic mass is 32.1. The summed E-state index contributed by atoms with van der Waals surface area (Å²) >= 11 is 1.59. The number of rotatable bonds is 5. The number of nitrogens with zero attached hydrogens (tertiary/aromatic N) is 3. The SMILES string of the molecule is c1ccc(C(Cc2nc3ccccc3[nH]2)=NNc2nc3ccccc3s2)cc1. The van der Waals surface area contributed by atoms with Gasteiger partial charge in [-0.1, -0.05) is 65.9 Å². The quantitative estimate of drug-likeness (QED) is 0.322. The molecule has 0 amide bonds. The molecule has 0 unspecified atom stereocenters. The number of aromatic nitrogens is 3. The highest BCUT2D eigenvalue weighted by molar-refractivity contribution is 7.22. The molecular formula is C22H17N5S. The van der Waals surface area contributed by atoms with Gasteiger partial charge in [-0.25, -0.2) is 9.97 Å². The van der Waals surface area contributed by atoms with Crippen LogP contribution < -0.4 is 5.43 Å². The zero-order valence-corrected chi connectivity index (χ0v) is 15.8. The van der Waals surface area contributed by atoms with Crippen molar-refractivity contribution in [1.82, 2.24) is 15.0 Å². The number of aromatic amines is 1. The Kier molecular flexibility index (Phi) is 4.31.